The Labute approximate surface area is 120 Å². The zero-order chi connectivity index (χ0) is 14.1. The molecule has 20 heavy (non-hydrogen) atoms. The van der Waals surface area contributed by atoms with Crippen LogP contribution in [-0.2, 0) is 0 Å². The molecule has 0 saturated heterocycles. The number of nitrogens with zero attached hydrogens (tertiary/aromatic N) is 1. The number of fused-ring (bicyclic) bond motifs is 1. The van der Waals surface area contributed by atoms with Crippen molar-refractivity contribution in [1.29, 1.82) is 0 Å². The van der Waals surface area contributed by atoms with Gasteiger partial charge in [0.2, 0.25) is 0 Å². The largest absolute Gasteiger partial charge is 0.342 e. The molecule has 1 atom stereocenters. The van der Waals surface area contributed by atoms with Gasteiger partial charge in [-0.25, -0.2) is 4.98 Å². The lowest BCUT2D eigenvalue weighted by atomic mass is 10.2. The predicted molar refractivity (Wildman–Crippen MR) is 81.0 cm³/mol. The number of rotatable bonds is 3. The van der Waals surface area contributed by atoms with Gasteiger partial charge in [-0.1, -0.05) is 12.1 Å². The molecule has 1 amide bonds. The van der Waals surface area contributed by atoms with E-state index in [0.717, 1.165) is 27.3 Å². The van der Waals surface area contributed by atoms with E-state index in [-0.39, 0.29) is 11.9 Å². The lowest BCUT2D eigenvalue weighted by Gasteiger charge is -2.10. The van der Waals surface area contributed by atoms with Crippen LogP contribution in [0.15, 0.2) is 35.7 Å². The van der Waals surface area contributed by atoms with Crippen LogP contribution in [0.1, 0.15) is 34.0 Å². The Morgan fingerprint density at radius 3 is 2.85 bits per heavy atom. The topological polar surface area (TPSA) is 57.8 Å². The summed E-state index contributed by atoms with van der Waals surface area (Å²) >= 11 is 1.46. The predicted octanol–water partition coefficient (Wildman–Crippen LogP) is 3.42. The highest BCUT2D eigenvalue weighted by Gasteiger charge is 2.16. The minimum absolute atomic E-state index is 0.0505. The fraction of sp³-hybridized carbons (Fsp3) is 0.200. The van der Waals surface area contributed by atoms with Gasteiger partial charge in [0.15, 0.2) is 0 Å². The average Bonchev–Trinajstić information content (AvgIpc) is 3.04. The minimum atomic E-state index is -0.156. The number of thiophene rings is 1. The first-order valence-corrected chi connectivity index (χ1v) is 7.32. The first kappa shape index (κ1) is 12.9. The summed E-state index contributed by atoms with van der Waals surface area (Å²) in [7, 11) is 0. The molecule has 3 aromatic rings. The summed E-state index contributed by atoms with van der Waals surface area (Å²) < 4.78 is 0. The number of carbonyl (C=O) groups is 1. The standard InChI is InChI=1S/C15H15N3OS/c1-9-7-8-20-13(9)15(19)16-10(2)14-17-11-5-3-4-6-12(11)18-14/h3-8,10H,1-2H3,(H,16,19)(H,17,18)/t10-/m0/s1. The second-order valence-electron chi connectivity index (χ2n) is 4.77. The quantitative estimate of drug-likeness (QED) is 0.774. The Morgan fingerprint density at radius 1 is 1.35 bits per heavy atom. The molecule has 0 radical (unpaired) electrons. The van der Waals surface area contributed by atoms with Gasteiger partial charge >= 0.3 is 0 Å². The first-order valence-electron chi connectivity index (χ1n) is 6.45. The van der Waals surface area contributed by atoms with Gasteiger partial charge in [-0.3, -0.25) is 4.79 Å². The van der Waals surface area contributed by atoms with Gasteiger partial charge in [-0.2, -0.15) is 0 Å². The number of benzene rings is 1. The number of aromatic nitrogens is 2. The lowest BCUT2D eigenvalue weighted by Crippen LogP contribution is -2.27. The van der Waals surface area contributed by atoms with Crippen molar-refractivity contribution < 1.29 is 4.79 Å². The monoisotopic (exact) mass is 285 g/mol. The fourth-order valence-electron chi connectivity index (χ4n) is 2.11. The molecule has 0 aliphatic heterocycles. The second-order valence-corrected chi connectivity index (χ2v) is 5.68. The molecular weight excluding hydrogens is 270 g/mol. The van der Waals surface area contributed by atoms with Crippen molar-refractivity contribution in [3.8, 4) is 0 Å². The molecular formula is C15H15N3OS. The maximum absolute atomic E-state index is 12.2. The number of imidazole rings is 1. The molecule has 0 bridgehead atoms. The van der Waals surface area contributed by atoms with Gasteiger partial charge in [0.25, 0.3) is 5.91 Å². The van der Waals surface area contributed by atoms with Crippen LogP contribution in [0, 0.1) is 6.92 Å². The van der Waals surface area contributed by atoms with Crippen LogP contribution in [0.25, 0.3) is 11.0 Å². The van der Waals surface area contributed by atoms with Crippen molar-refractivity contribution >= 4 is 28.3 Å². The van der Waals surface area contributed by atoms with Crippen molar-refractivity contribution in [2.45, 2.75) is 19.9 Å². The number of hydrogen-bond donors (Lipinski definition) is 2. The van der Waals surface area contributed by atoms with E-state index in [1.165, 1.54) is 11.3 Å². The van der Waals surface area contributed by atoms with Crippen molar-refractivity contribution in [3.63, 3.8) is 0 Å². The van der Waals surface area contributed by atoms with E-state index in [2.05, 4.69) is 15.3 Å². The average molecular weight is 285 g/mol. The summed E-state index contributed by atoms with van der Waals surface area (Å²) in [5.41, 5.74) is 2.90. The molecule has 2 heterocycles. The number of aromatic amines is 1. The molecule has 1 aromatic carbocycles. The van der Waals surface area contributed by atoms with Crippen LogP contribution in [0.4, 0.5) is 0 Å². The van der Waals surface area contributed by atoms with E-state index in [9.17, 15) is 4.79 Å². The Hall–Kier alpha value is -2.14. The zero-order valence-corrected chi connectivity index (χ0v) is 12.1. The molecule has 3 rings (SSSR count). The van der Waals surface area contributed by atoms with Gasteiger partial charge in [0.1, 0.15) is 5.82 Å². The molecule has 0 fully saturated rings. The fourth-order valence-corrected chi connectivity index (χ4v) is 2.94. The Morgan fingerprint density at radius 2 is 2.15 bits per heavy atom. The summed E-state index contributed by atoms with van der Waals surface area (Å²) in [6.45, 7) is 3.87. The molecule has 102 valence electrons. The molecule has 2 aromatic heterocycles. The number of amides is 1. The van der Waals surface area contributed by atoms with Gasteiger partial charge in [0, 0.05) is 0 Å². The third kappa shape index (κ3) is 2.32. The molecule has 0 unspecified atom stereocenters. The van der Waals surface area contributed by atoms with Gasteiger partial charge in [-0.15, -0.1) is 11.3 Å². The maximum Gasteiger partial charge on any atom is 0.262 e. The molecule has 5 heteroatoms. The Balaban J connectivity index is 1.80. The van der Waals surface area contributed by atoms with Crippen molar-refractivity contribution in [2.75, 3.05) is 0 Å². The number of aryl methyl sites for hydroxylation is 1. The molecule has 0 saturated carbocycles. The molecule has 4 nitrogen and oxygen atoms in total. The second kappa shape index (κ2) is 5.09. The van der Waals surface area contributed by atoms with Crippen LogP contribution in [-0.4, -0.2) is 15.9 Å². The van der Waals surface area contributed by atoms with E-state index in [4.69, 9.17) is 0 Å². The Kier molecular flexibility index (Phi) is 3.28. The number of nitrogens with one attached hydrogen (secondary N) is 2. The van der Waals surface area contributed by atoms with Crippen molar-refractivity contribution in [1.82, 2.24) is 15.3 Å². The maximum atomic E-state index is 12.2. The van der Waals surface area contributed by atoms with Crippen LogP contribution in [0.2, 0.25) is 0 Å². The third-order valence-electron chi connectivity index (χ3n) is 3.23. The zero-order valence-electron chi connectivity index (χ0n) is 11.3. The Bertz CT molecular complexity index is 726. The smallest absolute Gasteiger partial charge is 0.262 e. The van der Waals surface area contributed by atoms with Crippen LogP contribution in [0.5, 0.6) is 0 Å². The summed E-state index contributed by atoms with van der Waals surface area (Å²) in [5, 5.41) is 4.90. The number of hydrogen-bond acceptors (Lipinski definition) is 3. The normalized spacial score (nSPS) is 12.5. The highest BCUT2D eigenvalue weighted by molar-refractivity contribution is 7.12. The van der Waals surface area contributed by atoms with E-state index in [1.807, 2.05) is 49.6 Å². The van der Waals surface area contributed by atoms with E-state index in [0.29, 0.717) is 0 Å². The van der Waals surface area contributed by atoms with Gasteiger partial charge in [-0.05, 0) is 43.0 Å². The van der Waals surface area contributed by atoms with Gasteiger partial charge < -0.3 is 10.3 Å². The van der Waals surface area contributed by atoms with Crippen LogP contribution >= 0.6 is 11.3 Å². The summed E-state index contributed by atoms with van der Waals surface area (Å²) in [6, 6.07) is 9.63. The van der Waals surface area contributed by atoms with Crippen LogP contribution in [0.3, 0.4) is 0 Å². The SMILES string of the molecule is Cc1ccsc1C(=O)N[C@@H](C)c1nc2ccccc2[nH]1. The number of H-pyrrole nitrogens is 1. The molecule has 0 spiro atoms. The summed E-state index contributed by atoms with van der Waals surface area (Å²) in [4.78, 5) is 20.7. The summed E-state index contributed by atoms with van der Waals surface area (Å²) in [5.74, 6) is 0.721. The van der Waals surface area contributed by atoms with Crippen molar-refractivity contribution in [2.24, 2.45) is 0 Å². The number of carbonyl (C=O) groups excluding carboxylic acids is 1. The van der Waals surface area contributed by atoms with E-state index >= 15 is 0 Å². The lowest BCUT2D eigenvalue weighted by molar-refractivity contribution is 0.0942. The highest BCUT2D eigenvalue weighted by atomic mass is 32.1. The van der Waals surface area contributed by atoms with Crippen molar-refractivity contribution in [3.05, 3.63) is 52.0 Å². The summed E-state index contributed by atoms with van der Waals surface area (Å²) in [6.07, 6.45) is 0. The number of para-hydroxylation sites is 2. The van der Waals surface area contributed by atoms with Crippen LogP contribution < -0.4 is 5.32 Å². The molecule has 0 aliphatic rings. The highest BCUT2D eigenvalue weighted by Crippen LogP contribution is 2.19. The van der Waals surface area contributed by atoms with Gasteiger partial charge in [0.05, 0.1) is 22.0 Å². The third-order valence-corrected chi connectivity index (χ3v) is 4.25. The molecule has 0 aliphatic carbocycles. The van der Waals surface area contributed by atoms with E-state index in [1.54, 1.807) is 0 Å². The first-order chi connectivity index (χ1) is 9.65. The molecule has 2 N–H and O–H groups in total. The minimum Gasteiger partial charge on any atom is -0.342 e. The van der Waals surface area contributed by atoms with E-state index < -0.39 is 0 Å².